The van der Waals surface area contributed by atoms with Crippen LogP contribution < -0.4 is 4.90 Å². The average Bonchev–Trinajstić information content (AvgIpc) is 3.30. The number of benzene rings is 2. The molecule has 1 amide bonds. The van der Waals surface area contributed by atoms with E-state index >= 15 is 0 Å². The lowest BCUT2D eigenvalue weighted by Gasteiger charge is -2.34. The lowest BCUT2D eigenvalue weighted by Crippen LogP contribution is -2.42. The van der Waals surface area contributed by atoms with Crippen LogP contribution in [0.4, 0.5) is 5.13 Å². The van der Waals surface area contributed by atoms with Gasteiger partial charge in [0.25, 0.3) is 5.91 Å². The van der Waals surface area contributed by atoms with Crippen LogP contribution in [0.3, 0.4) is 0 Å². The first-order valence-corrected chi connectivity index (χ1v) is 15.8. The number of rotatable bonds is 9. The number of thiazole rings is 1. The van der Waals surface area contributed by atoms with Crippen molar-refractivity contribution in [2.24, 2.45) is 11.8 Å². The Morgan fingerprint density at radius 3 is 2.26 bits per heavy atom. The number of carbonyl (C=O) groups is 1. The van der Waals surface area contributed by atoms with Crippen LogP contribution >= 0.6 is 11.3 Å². The molecular weight excluding hydrogens is 516 g/mol. The Balaban J connectivity index is 1.63. The van der Waals surface area contributed by atoms with Gasteiger partial charge in [-0.25, -0.2) is 13.4 Å². The predicted molar refractivity (Wildman–Crippen MR) is 157 cm³/mol. The van der Waals surface area contributed by atoms with Crippen molar-refractivity contribution in [2.45, 2.75) is 52.9 Å². The fraction of sp³-hybridized carbons (Fsp3) is 0.517. The molecule has 1 aromatic heterocycles. The van der Waals surface area contributed by atoms with Crippen LogP contribution in [0.15, 0.2) is 41.3 Å². The maximum Gasteiger partial charge on any atom is 0.260 e. The molecule has 0 bridgehead atoms. The number of sulfonamides is 1. The Hall–Kier alpha value is -2.33. The minimum atomic E-state index is -3.61. The average molecular weight is 557 g/mol. The van der Waals surface area contributed by atoms with Gasteiger partial charge in [0.1, 0.15) is 0 Å². The number of hydrogen-bond donors (Lipinski definition) is 0. The van der Waals surface area contributed by atoms with E-state index in [1.165, 1.54) is 11.3 Å². The van der Waals surface area contributed by atoms with Crippen LogP contribution in [0.25, 0.3) is 10.2 Å². The number of piperidine rings is 1. The van der Waals surface area contributed by atoms with E-state index in [0.29, 0.717) is 42.2 Å². The van der Waals surface area contributed by atoms with Crippen molar-refractivity contribution in [2.75, 3.05) is 44.2 Å². The van der Waals surface area contributed by atoms with Gasteiger partial charge in [0.2, 0.25) is 10.0 Å². The minimum Gasteiger partial charge on any atom is -0.302 e. The van der Waals surface area contributed by atoms with Gasteiger partial charge in [0.15, 0.2) is 5.13 Å². The first-order valence-electron chi connectivity index (χ1n) is 13.6. The molecule has 0 spiro atoms. The number of aryl methyl sites for hydroxylation is 2. The summed E-state index contributed by atoms with van der Waals surface area (Å²) in [7, 11) is -3.61. The second-order valence-corrected chi connectivity index (χ2v) is 13.6. The van der Waals surface area contributed by atoms with Crippen molar-refractivity contribution < 1.29 is 13.2 Å². The fourth-order valence-corrected chi connectivity index (χ4v) is 8.14. The summed E-state index contributed by atoms with van der Waals surface area (Å²) in [6.07, 6.45) is 1.04. The number of likely N-dealkylation sites (N-methyl/N-ethyl adjacent to an activating group) is 1. The van der Waals surface area contributed by atoms with Gasteiger partial charge < -0.3 is 4.90 Å². The Labute approximate surface area is 231 Å². The highest BCUT2D eigenvalue weighted by Gasteiger charge is 2.32. The summed E-state index contributed by atoms with van der Waals surface area (Å²) in [6.45, 7) is 16.6. The van der Waals surface area contributed by atoms with E-state index in [9.17, 15) is 13.2 Å². The van der Waals surface area contributed by atoms with E-state index in [-0.39, 0.29) is 10.8 Å². The molecule has 1 aliphatic rings. The van der Waals surface area contributed by atoms with E-state index < -0.39 is 10.0 Å². The van der Waals surface area contributed by atoms with Gasteiger partial charge in [0, 0.05) is 31.7 Å². The third-order valence-corrected chi connectivity index (χ3v) is 10.5. The fourth-order valence-electron chi connectivity index (χ4n) is 5.42. The molecule has 206 valence electrons. The lowest BCUT2D eigenvalue weighted by atomic mass is 9.94. The molecular formula is C29H40N4O3S2. The summed E-state index contributed by atoms with van der Waals surface area (Å²) in [6, 6.07) is 10.6. The third-order valence-electron chi connectivity index (χ3n) is 7.39. The van der Waals surface area contributed by atoms with E-state index in [4.69, 9.17) is 4.98 Å². The molecule has 2 aromatic carbocycles. The summed E-state index contributed by atoms with van der Waals surface area (Å²) < 4.78 is 29.3. The largest absolute Gasteiger partial charge is 0.302 e. The number of carbonyl (C=O) groups excluding carboxylic acids is 1. The van der Waals surface area contributed by atoms with Crippen LogP contribution in [0.5, 0.6) is 0 Å². The van der Waals surface area contributed by atoms with Crippen LogP contribution in [-0.4, -0.2) is 67.8 Å². The molecule has 2 atom stereocenters. The first kappa shape index (κ1) is 28.7. The zero-order chi connectivity index (χ0) is 27.6. The molecule has 0 aliphatic carbocycles. The van der Waals surface area contributed by atoms with Crippen LogP contribution in [0.2, 0.25) is 0 Å². The number of anilines is 1. The van der Waals surface area contributed by atoms with Gasteiger partial charge in [-0.3, -0.25) is 9.69 Å². The van der Waals surface area contributed by atoms with Crippen LogP contribution in [0, 0.1) is 25.7 Å². The summed E-state index contributed by atoms with van der Waals surface area (Å²) in [5.41, 5.74) is 3.64. The van der Waals surface area contributed by atoms with Gasteiger partial charge >= 0.3 is 0 Å². The molecule has 0 saturated carbocycles. The Morgan fingerprint density at radius 2 is 1.66 bits per heavy atom. The van der Waals surface area contributed by atoms with Crippen molar-refractivity contribution in [1.29, 1.82) is 0 Å². The third kappa shape index (κ3) is 6.11. The quantitative estimate of drug-likeness (QED) is 0.345. The summed E-state index contributed by atoms with van der Waals surface area (Å²) in [5, 5.41) is 0.666. The maximum absolute atomic E-state index is 13.8. The Kier molecular flexibility index (Phi) is 8.92. The highest BCUT2D eigenvalue weighted by atomic mass is 32.2. The van der Waals surface area contributed by atoms with E-state index in [2.05, 4.69) is 58.6 Å². The molecule has 1 fully saturated rings. The zero-order valence-electron chi connectivity index (χ0n) is 23.4. The van der Waals surface area contributed by atoms with Gasteiger partial charge in [-0.2, -0.15) is 4.31 Å². The highest BCUT2D eigenvalue weighted by molar-refractivity contribution is 7.89. The Morgan fingerprint density at radius 1 is 1.03 bits per heavy atom. The zero-order valence-corrected chi connectivity index (χ0v) is 25.0. The molecule has 38 heavy (non-hydrogen) atoms. The number of amides is 1. The maximum atomic E-state index is 13.8. The van der Waals surface area contributed by atoms with E-state index in [1.807, 2.05) is 0 Å². The topological polar surface area (TPSA) is 73.8 Å². The van der Waals surface area contributed by atoms with Gasteiger partial charge in [-0.1, -0.05) is 45.1 Å². The predicted octanol–water partition coefficient (Wildman–Crippen LogP) is 5.57. The molecule has 2 unspecified atom stereocenters. The molecule has 7 nitrogen and oxygen atoms in total. The van der Waals surface area contributed by atoms with Gasteiger partial charge in [-0.15, -0.1) is 0 Å². The molecule has 1 aliphatic heterocycles. The summed E-state index contributed by atoms with van der Waals surface area (Å²) >= 11 is 1.53. The molecule has 1 saturated heterocycles. The van der Waals surface area contributed by atoms with Crippen molar-refractivity contribution in [3.63, 3.8) is 0 Å². The van der Waals surface area contributed by atoms with Crippen LogP contribution in [-0.2, 0) is 10.0 Å². The minimum absolute atomic E-state index is 0.172. The monoisotopic (exact) mass is 556 g/mol. The molecule has 0 radical (unpaired) electrons. The first-order chi connectivity index (χ1) is 18.0. The molecule has 3 aromatic rings. The molecule has 2 heterocycles. The van der Waals surface area contributed by atoms with Gasteiger partial charge in [0.05, 0.1) is 15.1 Å². The van der Waals surface area contributed by atoms with Crippen LogP contribution in [0.1, 0.15) is 55.6 Å². The standard InChI is InChI=1S/C29H40N4O3S2/c1-7-31(8-2)13-14-33(29-30-26-17-20(3)16-23(6)27(26)37-29)28(34)24-9-11-25(12-10-24)38(35,36)32-18-21(4)15-22(5)19-32/h9-12,16-17,21-22H,7-8,13-15,18-19H2,1-6H3. The van der Waals surface area contributed by atoms with Crippen molar-refractivity contribution >= 4 is 42.6 Å². The number of aromatic nitrogens is 1. The number of nitrogens with zero attached hydrogens (tertiary/aromatic N) is 4. The Bertz CT molecular complexity index is 1370. The van der Waals surface area contributed by atoms with E-state index in [1.54, 1.807) is 33.5 Å². The molecule has 4 rings (SSSR count). The smallest absolute Gasteiger partial charge is 0.260 e. The van der Waals surface area contributed by atoms with Crippen molar-refractivity contribution in [3.05, 3.63) is 53.1 Å². The summed E-state index contributed by atoms with van der Waals surface area (Å²) in [4.78, 5) is 22.9. The number of fused-ring (bicyclic) bond motifs is 1. The molecule has 0 N–H and O–H groups in total. The normalized spacial score (nSPS) is 18.8. The SMILES string of the molecule is CCN(CC)CCN(C(=O)c1ccc(S(=O)(=O)N2CC(C)CC(C)C2)cc1)c1nc2cc(C)cc(C)c2s1. The van der Waals surface area contributed by atoms with Crippen molar-refractivity contribution in [1.82, 2.24) is 14.2 Å². The van der Waals surface area contributed by atoms with Gasteiger partial charge in [-0.05, 0) is 86.7 Å². The highest BCUT2D eigenvalue weighted by Crippen LogP contribution is 2.33. The second kappa shape index (κ2) is 11.8. The lowest BCUT2D eigenvalue weighted by molar-refractivity contribution is 0.0983. The number of hydrogen-bond acceptors (Lipinski definition) is 6. The van der Waals surface area contributed by atoms with Crippen molar-refractivity contribution in [3.8, 4) is 0 Å². The van der Waals surface area contributed by atoms with E-state index in [0.717, 1.165) is 47.4 Å². The second-order valence-electron chi connectivity index (χ2n) is 10.7. The molecule has 9 heteroatoms. The summed E-state index contributed by atoms with van der Waals surface area (Å²) in [5.74, 6) is 0.486.